The Morgan fingerprint density at radius 1 is 1.29 bits per heavy atom. The Kier molecular flexibility index (Phi) is 7.09. The highest BCUT2D eigenvalue weighted by atomic mass is 16.5. The quantitative estimate of drug-likeness (QED) is 0.595. The molecule has 102 valence electrons. The lowest BCUT2D eigenvalue weighted by Gasteiger charge is -2.25. The van der Waals surface area contributed by atoms with Crippen molar-refractivity contribution in [3.63, 3.8) is 0 Å². The van der Waals surface area contributed by atoms with Crippen molar-refractivity contribution in [1.29, 1.82) is 0 Å². The largest absolute Gasteiger partial charge is 0.377 e. The Morgan fingerprint density at radius 2 is 2.00 bits per heavy atom. The summed E-state index contributed by atoms with van der Waals surface area (Å²) in [5.41, 5.74) is 0. The lowest BCUT2D eigenvalue weighted by Crippen LogP contribution is -2.33. The van der Waals surface area contributed by atoms with E-state index in [2.05, 4.69) is 38.0 Å². The summed E-state index contributed by atoms with van der Waals surface area (Å²) in [6.45, 7) is 9.56. The second-order valence-corrected chi connectivity index (χ2v) is 5.62. The summed E-state index contributed by atoms with van der Waals surface area (Å²) in [7, 11) is 2.20. The predicted octanol–water partition coefficient (Wildman–Crippen LogP) is 2.26. The van der Waals surface area contributed by atoms with Crippen molar-refractivity contribution >= 4 is 0 Å². The highest BCUT2D eigenvalue weighted by Crippen LogP contribution is 2.18. The average molecular weight is 242 g/mol. The lowest BCUT2D eigenvalue weighted by molar-refractivity contribution is 0.0564. The van der Waals surface area contributed by atoms with Crippen LogP contribution in [0, 0.1) is 0 Å². The normalized spacial score (nSPS) is 18.0. The van der Waals surface area contributed by atoms with E-state index in [-0.39, 0.29) is 0 Å². The van der Waals surface area contributed by atoms with Gasteiger partial charge >= 0.3 is 0 Å². The molecule has 1 aliphatic rings. The standard InChI is InChI=1S/C14H30N2O/c1-12(2)17-11-10-16(4)13(3)6-5-9-15-14-7-8-14/h12-15H,5-11H2,1-4H3. The van der Waals surface area contributed by atoms with Crippen molar-refractivity contribution in [3.8, 4) is 0 Å². The number of nitrogens with one attached hydrogen (secondary N) is 1. The van der Waals surface area contributed by atoms with Crippen LogP contribution in [-0.4, -0.2) is 49.8 Å². The van der Waals surface area contributed by atoms with Crippen LogP contribution in [0.1, 0.15) is 46.5 Å². The highest BCUT2D eigenvalue weighted by molar-refractivity contribution is 4.80. The van der Waals surface area contributed by atoms with Crippen LogP contribution < -0.4 is 5.32 Å². The van der Waals surface area contributed by atoms with Crippen LogP contribution in [0.5, 0.6) is 0 Å². The molecule has 1 aliphatic carbocycles. The lowest BCUT2D eigenvalue weighted by atomic mass is 10.1. The van der Waals surface area contributed by atoms with Gasteiger partial charge in [0.2, 0.25) is 0 Å². The van der Waals surface area contributed by atoms with E-state index in [0.717, 1.165) is 19.2 Å². The van der Waals surface area contributed by atoms with E-state index >= 15 is 0 Å². The van der Waals surface area contributed by atoms with E-state index in [9.17, 15) is 0 Å². The minimum absolute atomic E-state index is 0.349. The molecule has 17 heavy (non-hydrogen) atoms. The van der Waals surface area contributed by atoms with Gasteiger partial charge in [0.1, 0.15) is 0 Å². The van der Waals surface area contributed by atoms with Crippen molar-refractivity contribution in [2.45, 2.75) is 64.6 Å². The number of hydrogen-bond acceptors (Lipinski definition) is 3. The van der Waals surface area contributed by atoms with E-state index in [1.54, 1.807) is 0 Å². The first kappa shape index (κ1) is 14.9. The van der Waals surface area contributed by atoms with Gasteiger partial charge in [-0.15, -0.1) is 0 Å². The minimum Gasteiger partial charge on any atom is -0.377 e. The van der Waals surface area contributed by atoms with Crippen LogP contribution in [0.25, 0.3) is 0 Å². The Bertz CT molecular complexity index is 193. The number of likely N-dealkylation sites (N-methyl/N-ethyl adjacent to an activating group) is 1. The van der Waals surface area contributed by atoms with Gasteiger partial charge in [0.05, 0.1) is 12.7 Å². The topological polar surface area (TPSA) is 24.5 Å². The van der Waals surface area contributed by atoms with Gasteiger partial charge < -0.3 is 15.0 Å². The molecule has 1 atom stereocenters. The van der Waals surface area contributed by atoms with E-state index < -0.39 is 0 Å². The predicted molar refractivity (Wildman–Crippen MR) is 73.4 cm³/mol. The second kappa shape index (κ2) is 8.06. The third-order valence-electron chi connectivity index (χ3n) is 3.46. The Hall–Kier alpha value is -0.120. The van der Waals surface area contributed by atoms with Crippen molar-refractivity contribution in [3.05, 3.63) is 0 Å². The summed E-state index contributed by atoms with van der Waals surface area (Å²) < 4.78 is 5.57. The van der Waals surface area contributed by atoms with E-state index in [4.69, 9.17) is 4.74 Å². The Morgan fingerprint density at radius 3 is 2.59 bits per heavy atom. The van der Waals surface area contributed by atoms with Gasteiger partial charge in [-0.2, -0.15) is 0 Å². The molecule has 1 saturated carbocycles. The maximum absolute atomic E-state index is 5.57. The third-order valence-corrected chi connectivity index (χ3v) is 3.46. The number of nitrogens with zero attached hydrogens (tertiary/aromatic N) is 1. The molecule has 0 heterocycles. The summed E-state index contributed by atoms with van der Waals surface area (Å²) in [5.74, 6) is 0. The molecule has 0 radical (unpaired) electrons. The third kappa shape index (κ3) is 7.74. The first-order chi connectivity index (χ1) is 8.09. The van der Waals surface area contributed by atoms with Gasteiger partial charge in [-0.05, 0) is 60.0 Å². The first-order valence-electron chi connectivity index (χ1n) is 7.15. The molecule has 0 saturated heterocycles. The monoisotopic (exact) mass is 242 g/mol. The van der Waals surface area contributed by atoms with E-state index in [0.29, 0.717) is 12.1 Å². The molecule has 0 aromatic carbocycles. The molecule has 0 aliphatic heterocycles. The molecule has 0 amide bonds. The van der Waals surface area contributed by atoms with Gasteiger partial charge in [-0.1, -0.05) is 0 Å². The maximum atomic E-state index is 5.57. The summed E-state index contributed by atoms with van der Waals surface area (Å²) in [5, 5.41) is 3.57. The van der Waals surface area contributed by atoms with Gasteiger partial charge in [0, 0.05) is 18.6 Å². The van der Waals surface area contributed by atoms with E-state index in [1.807, 2.05) is 0 Å². The molecular formula is C14H30N2O. The van der Waals surface area contributed by atoms with Crippen LogP contribution in [-0.2, 0) is 4.74 Å². The summed E-state index contributed by atoms with van der Waals surface area (Å²) >= 11 is 0. The fourth-order valence-electron chi connectivity index (χ4n) is 1.86. The van der Waals surface area contributed by atoms with Gasteiger partial charge in [-0.3, -0.25) is 0 Å². The van der Waals surface area contributed by atoms with Crippen molar-refractivity contribution in [2.75, 3.05) is 26.7 Å². The van der Waals surface area contributed by atoms with Crippen LogP contribution in [0.15, 0.2) is 0 Å². The number of ether oxygens (including phenoxy) is 1. The fraction of sp³-hybridized carbons (Fsp3) is 1.00. The van der Waals surface area contributed by atoms with Crippen LogP contribution in [0.4, 0.5) is 0 Å². The molecule has 1 unspecified atom stereocenters. The number of rotatable bonds is 10. The van der Waals surface area contributed by atoms with Gasteiger partial charge in [-0.25, -0.2) is 0 Å². The smallest absolute Gasteiger partial charge is 0.0596 e. The first-order valence-corrected chi connectivity index (χ1v) is 7.15. The SMILES string of the molecule is CC(C)OCCN(C)C(C)CCCNC1CC1. The molecule has 3 heteroatoms. The zero-order chi connectivity index (χ0) is 12.7. The zero-order valence-electron chi connectivity index (χ0n) is 12.0. The molecule has 0 aromatic heterocycles. The summed E-state index contributed by atoms with van der Waals surface area (Å²) in [6.07, 6.45) is 5.69. The maximum Gasteiger partial charge on any atom is 0.0596 e. The molecule has 0 aromatic rings. The van der Waals surface area contributed by atoms with Crippen molar-refractivity contribution < 1.29 is 4.74 Å². The van der Waals surface area contributed by atoms with Gasteiger partial charge in [0.25, 0.3) is 0 Å². The summed E-state index contributed by atoms with van der Waals surface area (Å²) in [4.78, 5) is 2.40. The molecule has 0 spiro atoms. The minimum atomic E-state index is 0.349. The fourth-order valence-corrected chi connectivity index (χ4v) is 1.86. The molecule has 1 rings (SSSR count). The molecule has 1 N–H and O–H groups in total. The van der Waals surface area contributed by atoms with Crippen LogP contribution in [0.2, 0.25) is 0 Å². The van der Waals surface area contributed by atoms with Crippen molar-refractivity contribution in [2.24, 2.45) is 0 Å². The molecular weight excluding hydrogens is 212 g/mol. The molecule has 3 nitrogen and oxygen atoms in total. The Labute approximate surface area is 107 Å². The second-order valence-electron chi connectivity index (χ2n) is 5.62. The van der Waals surface area contributed by atoms with Gasteiger partial charge in [0.15, 0.2) is 0 Å². The number of hydrogen-bond donors (Lipinski definition) is 1. The average Bonchev–Trinajstić information content (AvgIpc) is 3.07. The Balaban J connectivity index is 1.94. The molecule has 1 fully saturated rings. The zero-order valence-corrected chi connectivity index (χ0v) is 12.0. The van der Waals surface area contributed by atoms with Crippen molar-refractivity contribution in [1.82, 2.24) is 10.2 Å². The molecule has 0 bridgehead atoms. The van der Waals surface area contributed by atoms with E-state index in [1.165, 1.54) is 32.2 Å². The highest BCUT2D eigenvalue weighted by Gasteiger charge is 2.19. The summed E-state index contributed by atoms with van der Waals surface area (Å²) in [6, 6.07) is 1.51. The van der Waals surface area contributed by atoms with Crippen LogP contribution >= 0.6 is 0 Å². The van der Waals surface area contributed by atoms with Crippen LogP contribution in [0.3, 0.4) is 0 Å².